The normalized spacial score (nSPS) is 10.9. The zero-order valence-electron chi connectivity index (χ0n) is 18.5. The van der Waals surface area contributed by atoms with Crippen LogP contribution in [0.2, 0.25) is 0 Å². The number of amides is 1. The number of anilines is 1. The second-order valence-electron chi connectivity index (χ2n) is 7.04. The van der Waals surface area contributed by atoms with Crippen molar-refractivity contribution < 1.29 is 14.3 Å². The Hall–Kier alpha value is -3.30. The molecular formula is C24H23N3O4S2. The Bertz CT molecular complexity index is 1350. The molecule has 170 valence electrons. The van der Waals surface area contributed by atoms with E-state index in [1.54, 1.807) is 29.9 Å². The molecule has 2 aromatic heterocycles. The minimum Gasteiger partial charge on any atom is -0.497 e. The molecule has 0 atom stereocenters. The lowest BCUT2D eigenvalue weighted by atomic mass is 10.1. The average molecular weight is 482 g/mol. The largest absolute Gasteiger partial charge is 0.497 e. The third-order valence-corrected chi connectivity index (χ3v) is 6.99. The maximum atomic E-state index is 13.1. The van der Waals surface area contributed by atoms with Crippen molar-refractivity contribution in [2.24, 2.45) is 0 Å². The number of nitrogens with zero attached hydrogens (tertiary/aromatic N) is 2. The standard InChI is InChI=1S/C24H23N3O4S2/c1-4-27-23(29)22-21(17(13-32-22)15-8-6-5-7-9-15)26-24(27)33-14-20(28)25-18-11-10-16(30-2)12-19(18)31-3/h5-13H,4,14H2,1-3H3,(H,25,28). The molecule has 0 aliphatic carbocycles. The third-order valence-electron chi connectivity index (χ3n) is 5.06. The van der Waals surface area contributed by atoms with Gasteiger partial charge >= 0.3 is 0 Å². The molecule has 0 saturated carbocycles. The molecule has 0 fully saturated rings. The molecule has 0 spiro atoms. The van der Waals surface area contributed by atoms with Gasteiger partial charge in [-0.3, -0.25) is 14.2 Å². The van der Waals surface area contributed by atoms with Gasteiger partial charge in [0.1, 0.15) is 16.2 Å². The van der Waals surface area contributed by atoms with Crippen LogP contribution in [0.25, 0.3) is 21.3 Å². The summed E-state index contributed by atoms with van der Waals surface area (Å²) < 4.78 is 12.8. The lowest BCUT2D eigenvalue weighted by Crippen LogP contribution is -2.23. The third kappa shape index (κ3) is 4.74. The first kappa shape index (κ1) is 22.9. The molecular weight excluding hydrogens is 458 g/mol. The van der Waals surface area contributed by atoms with E-state index in [9.17, 15) is 9.59 Å². The summed E-state index contributed by atoms with van der Waals surface area (Å²) in [6.45, 7) is 2.36. The van der Waals surface area contributed by atoms with Crippen molar-refractivity contribution in [2.75, 3.05) is 25.3 Å². The van der Waals surface area contributed by atoms with Crippen LogP contribution in [0.1, 0.15) is 6.92 Å². The number of thioether (sulfide) groups is 1. The number of aromatic nitrogens is 2. The zero-order chi connectivity index (χ0) is 23.4. The van der Waals surface area contributed by atoms with Crippen LogP contribution in [0.3, 0.4) is 0 Å². The molecule has 7 nitrogen and oxygen atoms in total. The van der Waals surface area contributed by atoms with Crippen molar-refractivity contribution in [3.8, 4) is 22.6 Å². The smallest absolute Gasteiger partial charge is 0.272 e. The van der Waals surface area contributed by atoms with Gasteiger partial charge in [0.25, 0.3) is 5.56 Å². The summed E-state index contributed by atoms with van der Waals surface area (Å²) in [6, 6.07) is 15.0. The van der Waals surface area contributed by atoms with E-state index in [0.717, 1.165) is 11.1 Å². The summed E-state index contributed by atoms with van der Waals surface area (Å²) >= 11 is 2.63. The molecule has 4 rings (SSSR count). The van der Waals surface area contributed by atoms with E-state index < -0.39 is 0 Å². The number of carbonyl (C=O) groups is 1. The molecule has 2 aromatic carbocycles. The van der Waals surface area contributed by atoms with Gasteiger partial charge in [0.15, 0.2) is 5.16 Å². The second kappa shape index (κ2) is 10.1. The molecule has 0 bridgehead atoms. The molecule has 0 saturated heterocycles. The van der Waals surface area contributed by atoms with Gasteiger partial charge in [-0.1, -0.05) is 42.1 Å². The second-order valence-corrected chi connectivity index (χ2v) is 8.86. The maximum Gasteiger partial charge on any atom is 0.272 e. The molecule has 0 aliphatic heterocycles. The first-order chi connectivity index (χ1) is 16.0. The number of carbonyl (C=O) groups excluding carboxylic acids is 1. The van der Waals surface area contributed by atoms with Gasteiger partial charge < -0.3 is 14.8 Å². The molecule has 33 heavy (non-hydrogen) atoms. The summed E-state index contributed by atoms with van der Waals surface area (Å²) in [5, 5.41) is 5.33. The highest BCUT2D eigenvalue weighted by Crippen LogP contribution is 2.33. The number of fused-ring (bicyclic) bond motifs is 1. The highest BCUT2D eigenvalue weighted by Gasteiger charge is 2.17. The SMILES string of the molecule is CCn1c(SCC(=O)Nc2ccc(OC)cc2OC)nc2c(-c3ccccc3)csc2c1=O. The summed E-state index contributed by atoms with van der Waals surface area (Å²) in [4.78, 5) is 30.6. The van der Waals surface area contributed by atoms with Gasteiger partial charge in [-0.25, -0.2) is 4.98 Å². The van der Waals surface area contributed by atoms with Crippen LogP contribution in [0, 0.1) is 0 Å². The molecule has 0 radical (unpaired) electrons. The number of rotatable bonds is 8. The van der Waals surface area contributed by atoms with Crippen molar-refractivity contribution in [1.82, 2.24) is 9.55 Å². The fourth-order valence-corrected chi connectivity index (χ4v) is 5.23. The average Bonchev–Trinajstić information content (AvgIpc) is 3.28. The Morgan fingerprint density at radius 3 is 2.64 bits per heavy atom. The van der Waals surface area contributed by atoms with Crippen molar-refractivity contribution in [1.29, 1.82) is 0 Å². The van der Waals surface area contributed by atoms with Gasteiger partial charge in [0, 0.05) is 23.6 Å². The fraction of sp³-hybridized carbons (Fsp3) is 0.208. The Balaban J connectivity index is 1.59. The number of nitrogens with one attached hydrogen (secondary N) is 1. The number of hydrogen-bond acceptors (Lipinski definition) is 7. The van der Waals surface area contributed by atoms with Gasteiger partial charge in [-0.15, -0.1) is 11.3 Å². The highest BCUT2D eigenvalue weighted by atomic mass is 32.2. The Morgan fingerprint density at radius 1 is 1.15 bits per heavy atom. The number of thiophene rings is 1. The van der Waals surface area contributed by atoms with Gasteiger partial charge in [-0.2, -0.15) is 0 Å². The topological polar surface area (TPSA) is 82.5 Å². The Labute approximate surface area is 199 Å². The Kier molecular flexibility index (Phi) is 7.00. The minimum atomic E-state index is -0.228. The quantitative estimate of drug-likeness (QED) is 0.285. The van der Waals surface area contributed by atoms with Crippen LogP contribution < -0.4 is 20.3 Å². The van der Waals surface area contributed by atoms with Crippen LogP contribution in [-0.2, 0) is 11.3 Å². The van der Waals surface area contributed by atoms with E-state index >= 15 is 0 Å². The van der Waals surface area contributed by atoms with E-state index in [4.69, 9.17) is 14.5 Å². The van der Waals surface area contributed by atoms with Crippen LogP contribution in [0.5, 0.6) is 11.5 Å². The molecule has 0 unspecified atom stereocenters. The number of hydrogen-bond donors (Lipinski definition) is 1. The van der Waals surface area contributed by atoms with Crippen LogP contribution in [0.15, 0.2) is 63.9 Å². The fourth-order valence-electron chi connectivity index (χ4n) is 3.41. The van der Waals surface area contributed by atoms with Gasteiger partial charge in [0.2, 0.25) is 5.91 Å². The van der Waals surface area contributed by atoms with E-state index in [0.29, 0.717) is 39.1 Å². The Morgan fingerprint density at radius 2 is 1.94 bits per heavy atom. The van der Waals surface area contributed by atoms with E-state index in [1.165, 1.54) is 30.2 Å². The first-order valence-corrected chi connectivity index (χ1v) is 12.1. The number of benzene rings is 2. The van der Waals surface area contributed by atoms with Crippen LogP contribution >= 0.6 is 23.1 Å². The van der Waals surface area contributed by atoms with E-state index in [2.05, 4.69) is 5.32 Å². The summed E-state index contributed by atoms with van der Waals surface area (Å²) in [5.41, 5.74) is 3.05. The number of ether oxygens (including phenoxy) is 2. The van der Waals surface area contributed by atoms with E-state index in [1.807, 2.05) is 42.6 Å². The molecule has 2 heterocycles. The molecule has 0 aliphatic rings. The first-order valence-electron chi connectivity index (χ1n) is 10.3. The number of methoxy groups -OCH3 is 2. The lowest BCUT2D eigenvalue weighted by Gasteiger charge is -2.13. The monoisotopic (exact) mass is 481 g/mol. The van der Waals surface area contributed by atoms with Crippen LogP contribution in [-0.4, -0.2) is 35.4 Å². The lowest BCUT2D eigenvalue weighted by molar-refractivity contribution is -0.113. The molecule has 9 heteroatoms. The summed E-state index contributed by atoms with van der Waals surface area (Å²) in [6.07, 6.45) is 0. The predicted octanol–water partition coefficient (Wildman–Crippen LogP) is 4.89. The summed E-state index contributed by atoms with van der Waals surface area (Å²) in [5.74, 6) is 1.00. The van der Waals surface area contributed by atoms with Crippen LogP contribution in [0.4, 0.5) is 5.69 Å². The van der Waals surface area contributed by atoms with Crippen molar-refractivity contribution >= 4 is 44.9 Å². The van der Waals surface area contributed by atoms with E-state index in [-0.39, 0.29) is 17.2 Å². The maximum absolute atomic E-state index is 13.1. The molecule has 4 aromatic rings. The van der Waals surface area contributed by atoms with Crippen molar-refractivity contribution in [3.63, 3.8) is 0 Å². The molecule has 1 N–H and O–H groups in total. The summed E-state index contributed by atoms with van der Waals surface area (Å²) in [7, 11) is 3.10. The molecule has 1 amide bonds. The predicted molar refractivity (Wildman–Crippen MR) is 134 cm³/mol. The zero-order valence-corrected chi connectivity index (χ0v) is 20.1. The minimum absolute atomic E-state index is 0.0885. The van der Waals surface area contributed by atoms with Gasteiger partial charge in [0.05, 0.1) is 31.2 Å². The highest BCUT2D eigenvalue weighted by molar-refractivity contribution is 7.99. The van der Waals surface area contributed by atoms with Gasteiger partial charge in [-0.05, 0) is 24.6 Å². The van der Waals surface area contributed by atoms with Crippen molar-refractivity contribution in [3.05, 3.63) is 64.3 Å². The van der Waals surface area contributed by atoms with Crippen molar-refractivity contribution in [2.45, 2.75) is 18.6 Å².